The van der Waals surface area contributed by atoms with E-state index >= 15 is 0 Å². The predicted molar refractivity (Wildman–Crippen MR) is 93.9 cm³/mol. The Morgan fingerprint density at radius 2 is 2.04 bits per heavy atom. The molecule has 0 bridgehead atoms. The lowest BCUT2D eigenvalue weighted by Crippen LogP contribution is -2.27. The number of hydrogen-bond donors (Lipinski definition) is 2. The molecule has 1 fully saturated rings. The van der Waals surface area contributed by atoms with Crippen molar-refractivity contribution in [1.82, 2.24) is 10.3 Å². The summed E-state index contributed by atoms with van der Waals surface area (Å²) in [6.45, 7) is 3.03. The Labute approximate surface area is 143 Å². The monoisotopic (exact) mass is 336 g/mol. The van der Waals surface area contributed by atoms with Crippen LogP contribution in [-0.4, -0.2) is 30.0 Å². The fourth-order valence-electron chi connectivity index (χ4n) is 2.83. The lowest BCUT2D eigenvalue weighted by molar-refractivity contribution is 0.102. The van der Waals surface area contributed by atoms with Crippen LogP contribution in [0.3, 0.4) is 0 Å². The van der Waals surface area contributed by atoms with Gasteiger partial charge in [-0.2, -0.15) is 0 Å². The van der Waals surface area contributed by atoms with E-state index in [-0.39, 0.29) is 11.9 Å². The minimum atomic E-state index is -0.225. The number of benzene rings is 2. The SMILES string of the molecule is Cc1nc2cc(NC(=O)c3ccc(N4CCNC4=O)cc3)ccc2o1. The molecule has 0 atom stereocenters. The zero-order chi connectivity index (χ0) is 17.4. The number of carbonyl (C=O) groups is 2. The molecule has 1 aliphatic rings. The lowest BCUT2D eigenvalue weighted by Gasteiger charge is -2.14. The van der Waals surface area contributed by atoms with Crippen LogP contribution in [0.25, 0.3) is 11.1 Å². The topological polar surface area (TPSA) is 87.5 Å². The standard InChI is InChI=1S/C18H16N4O3/c1-11-20-15-10-13(4-7-16(15)25-11)21-17(23)12-2-5-14(6-3-12)22-9-8-19-18(22)24/h2-7,10H,8-9H2,1H3,(H,19,24)(H,21,23). The predicted octanol–water partition coefficient (Wildman–Crippen LogP) is 2.92. The molecule has 3 aromatic rings. The molecular formula is C18H16N4O3. The first-order valence-electron chi connectivity index (χ1n) is 7.94. The number of aromatic nitrogens is 1. The van der Waals surface area contributed by atoms with E-state index in [2.05, 4.69) is 15.6 Å². The molecule has 2 aromatic carbocycles. The maximum Gasteiger partial charge on any atom is 0.321 e. The van der Waals surface area contributed by atoms with Crippen molar-refractivity contribution in [3.63, 3.8) is 0 Å². The molecule has 0 aliphatic carbocycles. The van der Waals surface area contributed by atoms with Gasteiger partial charge in [0.05, 0.1) is 0 Å². The van der Waals surface area contributed by atoms with Crippen molar-refractivity contribution >= 4 is 34.4 Å². The minimum absolute atomic E-state index is 0.117. The number of nitrogens with one attached hydrogen (secondary N) is 2. The van der Waals surface area contributed by atoms with Gasteiger partial charge in [0.25, 0.3) is 5.91 Å². The third-order valence-corrected chi connectivity index (χ3v) is 4.05. The number of oxazole rings is 1. The van der Waals surface area contributed by atoms with Crippen molar-refractivity contribution in [2.45, 2.75) is 6.92 Å². The molecule has 1 aliphatic heterocycles. The molecule has 7 heteroatoms. The van der Waals surface area contributed by atoms with Gasteiger partial charge in [0.15, 0.2) is 11.5 Å². The van der Waals surface area contributed by atoms with Crippen molar-refractivity contribution in [2.24, 2.45) is 0 Å². The second-order valence-electron chi connectivity index (χ2n) is 5.80. The summed E-state index contributed by atoms with van der Waals surface area (Å²) in [5.41, 5.74) is 3.31. The average Bonchev–Trinajstić information content (AvgIpc) is 3.19. The summed E-state index contributed by atoms with van der Waals surface area (Å²) in [6, 6.07) is 12.1. The summed E-state index contributed by atoms with van der Waals surface area (Å²) in [7, 11) is 0. The Hall–Kier alpha value is -3.35. The van der Waals surface area contributed by atoms with E-state index in [1.165, 1.54) is 0 Å². The van der Waals surface area contributed by atoms with Gasteiger partial charge in [-0.3, -0.25) is 9.69 Å². The van der Waals surface area contributed by atoms with Crippen LogP contribution in [-0.2, 0) is 0 Å². The van der Waals surface area contributed by atoms with Crippen molar-refractivity contribution in [3.05, 3.63) is 53.9 Å². The van der Waals surface area contributed by atoms with E-state index in [4.69, 9.17) is 4.42 Å². The van der Waals surface area contributed by atoms with Crippen molar-refractivity contribution in [2.75, 3.05) is 23.3 Å². The lowest BCUT2D eigenvalue weighted by atomic mass is 10.1. The molecule has 1 aromatic heterocycles. The number of nitrogens with zero attached hydrogens (tertiary/aromatic N) is 2. The van der Waals surface area contributed by atoms with Gasteiger partial charge < -0.3 is 15.1 Å². The molecule has 2 heterocycles. The van der Waals surface area contributed by atoms with Crippen LogP contribution < -0.4 is 15.5 Å². The van der Waals surface area contributed by atoms with Crippen LogP contribution in [0, 0.1) is 6.92 Å². The minimum Gasteiger partial charge on any atom is -0.441 e. The number of aryl methyl sites for hydroxylation is 1. The van der Waals surface area contributed by atoms with Crippen molar-refractivity contribution in [1.29, 1.82) is 0 Å². The van der Waals surface area contributed by atoms with Crippen molar-refractivity contribution < 1.29 is 14.0 Å². The first-order valence-corrected chi connectivity index (χ1v) is 7.94. The van der Waals surface area contributed by atoms with E-state index in [9.17, 15) is 9.59 Å². The first-order chi connectivity index (χ1) is 12.1. The largest absolute Gasteiger partial charge is 0.441 e. The van der Waals surface area contributed by atoms with Gasteiger partial charge in [-0.25, -0.2) is 9.78 Å². The summed E-state index contributed by atoms with van der Waals surface area (Å²) >= 11 is 0. The number of rotatable bonds is 3. The molecule has 0 saturated carbocycles. The van der Waals surface area contributed by atoms with Crippen LogP contribution in [0.2, 0.25) is 0 Å². The van der Waals surface area contributed by atoms with Crippen molar-refractivity contribution in [3.8, 4) is 0 Å². The fourth-order valence-corrected chi connectivity index (χ4v) is 2.83. The van der Waals surface area contributed by atoms with Gasteiger partial charge in [-0.15, -0.1) is 0 Å². The number of urea groups is 1. The molecule has 0 spiro atoms. The van der Waals surface area contributed by atoms with Gasteiger partial charge in [-0.1, -0.05) is 0 Å². The highest BCUT2D eigenvalue weighted by molar-refractivity contribution is 6.05. The van der Waals surface area contributed by atoms with Gasteiger partial charge in [0.1, 0.15) is 5.52 Å². The van der Waals surface area contributed by atoms with Gasteiger partial charge in [0.2, 0.25) is 0 Å². The number of hydrogen-bond acceptors (Lipinski definition) is 4. The van der Waals surface area contributed by atoms with E-state index in [1.807, 2.05) is 0 Å². The second kappa shape index (κ2) is 5.94. The normalized spacial score (nSPS) is 14.0. The molecule has 25 heavy (non-hydrogen) atoms. The molecule has 0 radical (unpaired) electrons. The Balaban J connectivity index is 1.50. The van der Waals surface area contributed by atoms with Gasteiger partial charge >= 0.3 is 6.03 Å². The molecule has 126 valence electrons. The van der Waals surface area contributed by atoms with E-state index in [1.54, 1.807) is 54.3 Å². The highest BCUT2D eigenvalue weighted by Gasteiger charge is 2.21. The third-order valence-electron chi connectivity index (χ3n) is 4.05. The first kappa shape index (κ1) is 15.2. The van der Waals surface area contributed by atoms with E-state index in [0.29, 0.717) is 41.3 Å². The Morgan fingerprint density at radius 1 is 1.24 bits per heavy atom. The summed E-state index contributed by atoms with van der Waals surface area (Å²) in [5.74, 6) is 0.358. The third kappa shape index (κ3) is 2.91. The Kier molecular flexibility index (Phi) is 3.61. The Bertz CT molecular complexity index is 962. The molecule has 7 nitrogen and oxygen atoms in total. The second-order valence-corrected chi connectivity index (χ2v) is 5.80. The van der Waals surface area contributed by atoms with Crippen LogP contribution in [0.15, 0.2) is 46.9 Å². The molecule has 3 amide bonds. The van der Waals surface area contributed by atoms with Crippen LogP contribution >= 0.6 is 0 Å². The van der Waals surface area contributed by atoms with Crippen LogP contribution in [0.4, 0.5) is 16.2 Å². The summed E-state index contributed by atoms with van der Waals surface area (Å²) in [4.78, 5) is 30.0. The fraction of sp³-hybridized carbons (Fsp3) is 0.167. The maximum absolute atomic E-state index is 12.4. The highest BCUT2D eigenvalue weighted by Crippen LogP contribution is 2.21. The summed E-state index contributed by atoms with van der Waals surface area (Å²) in [5, 5.41) is 5.59. The molecule has 2 N–H and O–H groups in total. The quantitative estimate of drug-likeness (QED) is 0.770. The Morgan fingerprint density at radius 3 is 2.76 bits per heavy atom. The smallest absolute Gasteiger partial charge is 0.321 e. The average molecular weight is 336 g/mol. The molecule has 4 rings (SSSR count). The molecule has 1 saturated heterocycles. The number of carbonyl (C=O) groups excluding carboxylic acids is 2. The summed E-state index contributed by atoms with van der Waals surface area (Å²) < 4.78 is 5.42. The zero-order valence-electron chi connectivity index (χ0n) is 13.6. The maximum atomic E-state index is 12.4. The number of anilines is 2. The van der Waals surface area contributed by atoms with E-state index in [0.717, 1.165) is 5.69 Å². The molecule has 0 unspecified atom stereocenters. The van der Waals surface area contributed by atoms with Gasteiger partial charge in [-0.05, 0) is 42.5 Å². The van der Waals surface area contributed by atoms with E-state index < -0.39 is 0 Å². The number of amides is 3. The van der Waals surface area contributed by atoms with Crippen LogP contribution in [0.1, 0.15) is 16.2 Å². The van der Waals surface area contributed by atoms with Gasteiger partial charge in [0, 0.05) is 37.0 Å². The molecular weight excluding hydrogens is 320 g/mol. The van der Waals surface area contributed by atoms with Crippen LogP contribution in [0.5, 0.6) is 0 Å². The zero-order valence-corrected chi connectivity index (χ0v) is 13.6. The summed E-state index contributed by atoms with van der Waals surface area (Å²) in [6.07, 6.45) is 0. The number of fused-ring (bicyclic) bond motifs is 1. The highest BCUT2D eigenvalue weighted by atomic mass is 16.3.